The lowest BCUT2D eigenvalue weighted by molar-refractivity contribution is -0.141. The van der Waals surface area contributed by atoms with E-state index in [0.717, 1.165) is 18.0 Å². The molecule has 0 saturated carbocycles. The average Bonchev–Trinajstić information content (AvgIpc) is 2.86. The number of carbonyl (C=O) groups is 2. The SMILES string of the molecule is COC(=O)CC(NC(=O)CC1CNC1)c1cccs1. The largest absolute Gasteiger partial charge is 0.469 e. The lowest BCUT2D eigenvalue weighted by atomic mass is 9.98. The van der Waals surface area contributed by atoms with Gasteiger partial charge in [0.05, 0.1) is 19.6 Å². The second-order valence-corrected chi connectivity index (χ2v) is 5.62. The third kappa shape index (κ3) is 4.04. The number of hydrogen-bond acceptors (Lipinski definition) is 5. The molecule has 0 bridgehead atoms. The topological polar surface area (TPSA) is 67.4 Å². The number of thiophene rings is 1. The summed E-state index contributed by atoms with van der Waals surface area (Å²) in [4.78, 5) is 24.3. The van der Waals surface area contributed by atoms with Crippen molar-refractivity contribution in [3.8, 4) is 0 Å². The van der Waals surface area contributed by atoms with Crippen LogP contribution in [0.4, 0.5) is 0 Å². The molecule has 2 N–H and O–H groups in total. The molecular formula is C13H18N2O3S. The minimum absolute atomic E-state index is 0.00574. The lowest BCUT2D eigenvalue weighted by Crippen LogP contribution is -2.45. The number of esters is 1. The van der Waals surface area contributed by atoms with E-state index in [2.05, 4.69) is 15.4 Å². The first-order chi connectivity index (χ1) is 9.19. The number of rotatable bonds is 6. The quantitative estimate of drug-likeness (QED) is 0.766. The van der Waals surface area contributed by atoms with E-state index in [1.807, 2.05) is 17.5 Å². The Balaban J connectivity index is 1.92. The van der Waals surface area contributed by atoms with Crippen molar-refractivity contribution in [3.63, 3.8) is 0 Å². The Morgan fingerprint density at radius 2 is 2.37 bits per heavy atom. The van der Waals surface area contributed by atoms with E-state index in [1.54, 1.807) is 0 Å². The summed E-state index contributed by atoms with van der Waals surface area (Å²) in [6, 6.07) is 3.54. The highest BCUT2D eigenvalue weighted by molar-refractivity contribution is 7.10. The summed E-state index contributed by atoms with van der Waals surface area (Å²) in [6.07, 6.45) is 0.682. The number of amides is 1. The van der Waals surface area contributed by atoms with Gasteiger partial charge in [-0.05, 0) is 30.5 Å². The van der Waals surface area contributed by atoms with Gasteiger partial charge in [-0.25, -0.2) is 0 Å². The first-order valence-electron chi connectivity index (χ1n) is 6.29. The van der Waals surface area contributed by atoms with Crippen LogP contribution in [-0.4, -0.2) is 32.1 Å². The predicted octanol–water partition coefficient (Wildman–Crippen LogP) is 1.08. The van der Waals surface area contributed by atoms with Gasteiger partial charge in [0, 0.05) is 11.3 Å². The molecule has 1 atom stereocenters. The van der Waals surface area contributed by atoms with Crippen LogP contribution < -0.4 is 10.6 Å². The molecule has 1 saturated heterocycles. The monoisotopic (exact) mass is 282 g/mol. The van der Waals surface area contributed by atoms with Crippen LogP contribution in [0.5, 0.6) is 0 Å². The highest BCUT2D eigenvalue weighted by atomic mass is 32.1. The van der Waals surface area contributed by atoms with Gasteiger partial charge < -0.3 is 15.4 Å². The van der Waals surface area contributed by atoms with Crippen LogP contribution in [0.25, 0.3) is 0 Å². The van der Waals surface area contributed by atoms with Crippen molar-refractivity contribution in [2.45, 2.75) is 18.9 Å². The van der Waals surface area contributed by atoms with Crippen molar-refractivity contribution in [1.82, 2.24) is 10.6 Å². The van der Waals surface area contributed by atoms with E-state index in [1.165, 1.54) is 18.4 Å². The number of ether oxygens (including phenoxy) is 1. The fourth-order valence-electron chi connectivity index (χ4n) is 1.97. The van der Waals surface area contributed by atoms with Crippen molar-refractivity contribution in [3.05, 3.63) is 22.4 Å². The first kappa shape index (κ1) is 14.0. The third-order valence-corrected chi connectivity index (χ3v) is 4.15. The molecule has 2 heterocycles. The standard InChI is InChI=1S/C13H18N2O3S/c1-18-13(17)6-10(11-3-2-4-19-11)15-12(16)5-9-7-14-8-9/h2-4,9-10,14H,5-8H2,1H3,(H,15,16). The van der Waals surface area contributed by atoms with Gasteiger partial charge in [-0.2, -0.15) is 0 Å². The summed E-state index contributed by atoms with van der Waals surface area (Å²) in [6.45, 7) is 1.79. The smallest absolute Gasteiger partial charge is 0.307 e. The summed E-state index contributed by atoms with van der Waals surface area (Å²) < 4.78 is 4.68. The van der Waals surface area contributed by atoms with Crippen LogP contribution in [0.3, 0.4) is 0 Å². The molecule has 1 aliphatic heterocycles. The van der Waals surface area contributed by atoms with Gasteiger partial charge in [-0.3, -0.25) is 9.59 Å². The number of carbonyl (C=O) groups excluding carboxylic acids is 2. The molecule has 6 heteroatoms. The average molecular weight is 282 g/mol. The maximum absolute atomic E-state index is 11.9. The Bertz CT molecular complexity index is 429. The van der Waals surface area contributed by atoms with Gasteiger partial charge in [0.15, 0.2) is 0 Å². The van der Waals surface area contributed by atoms with E-state index < -0.39 is 0 Å². The van der Waals surface area contributed by atoms with E-state index in [-0.39, 0.29) is 24.3 Å². The predicted molar refractivity (Wildman–Crippen MR) is 72.8 cm³/mol. The number of hydrogen-bond donors (Lipinski definition) is 2. The number of methoxy groups -OCH3 is 1. The Kier molecular flexibility index (Phi) is 4.93. The Labute approximate surface area is 116 Å². The molecule has 0 aliphatic carbocycles. The van der Waals surface area contributed by atoms with Gasteiger partial charge in [0.2, 0.25) is 5.91 Å². The van der Waals surface area contributed by atoms with Crippen molar-refractivity contribution < 1.29 is 14.3 Å². The third-order valence-electron chi connectivity index (χ3n) is 3.16. The highest BCUT2D eigenvalue weighted by Gasteiger charge is 2.24. The molecule has 0 spiro atoms. The molecule has 0 radical (unpaired) electrons. The fourth-order valence-corrected chi connectivity index (χ4v) is 2.75. The van der Waals surface area contributed by atoms with Crippen molar-refractivity contribution in [2.24, 2.45) is 5.92 Å². The van der Waals surface area contributed by atoms with E-state index in [4.69, 9.17) is 0 Å². The molecule has 1 aliphatic rings. The Morgan fingerprint density at radius 1 is 1.58 bits per heavy atom. The molecule has 2 rings (SSSR count). The van der Waals surface area contributed by atoms with Crippen LogP contribution in [0.2, 0.25) is 0 Å². The maximum Gasteiger partial charge on any atom is 0.307 e. The number of nitrogens with one attached hydrogen (secondary N) is 2. The molecule has 5 nitrogen and oxygen atoms in total. The Hall–Kier alpha value is -1.40. The molecule has 19 heavy (non-hydrogen) atoms. The molecule has 1 aromatic rings. The van der Waals surface area contributed by atoms with Gasteiger partial charge in [0.25, 0.3) is 0 Å². The van der Waals surface area contributed by atoms with Crippen LogP contribution in [0.1, 0.15) is 23.8 Å². The van der Waals surface area contributed by atoms with Crippen LogP contribution in [0.15, 0.2) is 17.5 Å². The van der Waals surface area contributed by atoms with Crippen LogP contribution in [-0.2, 0) is 14.3 Å². The molecular weight excluding hydrogens is 264 g/mol. The lowest BCUT2D eigenvalue weighted by Gasteiger charge is -2.27. The molecule has 104 valence electrons. The molecule has 1 aromatic heterocycles. The van der Waals surface area contributed by atoms with Gasteiger partial charge >= 0.3 is 5.97 Å². The second kappa shape index (κ2) is 6.68. The molecule has 1 unspecified atom stereocenters. The summed E-state index contributed by atoms with van der Waals surface area (Å²) in [5.74, 6) is 0.0972. The highest BCUT2D eigenvalue weighted by Crippen LogP contribution is 2.23. The molecule has 1 fully saturated rings. The maximum atomic E-state index is 11.9. The second-order valence-electron chi connectivity index (χ2n) is 4.64. The fraction of sp³-hybridized carbons (Fsp3) is 0.538. The summed E-state index contributed by atoms with van der Waals surface area (Å²) in [5.41, 5.74) is 0. The van der Waals surface area contributed by atoms with Gasteiger partial charge in [-0.15, -0.1) is 11.3 Å². The zero-order valence-corrected chi connectivity index (χ0v) is 11.7. The van der Waals surface area contributed by atoms with Crippen LogP contribution >= 0.6 is 11.3 Å². The zero-order valence-electron chi connectivity index (χ0n) is 10.8. The Morgan fingerprint density at radius 3 is 2.89 bits per heavy atom. The van der Waals surface area contributed by atoms with E-state index in [0.29, 0.717) is 12.3 Å². The molecule has 1 amide bonds. The zero-order chi connectivity index (χ0) is 13.7. The van der Waals surface area contributed by atoms with Crippen molar-refractivity contribution in [2.75, 3.05) is 20.2 Å². The first-order valence-corrected chi connectivity index (χ1v) is 7.17. The van der Waals surface area contributed by atoms with Gasteiger partial charge in [-0.1, -0.05) is 6.07 Å². The van der Waals surface area contributed by atoms with E-state index in [9.17, 15) is 9.59 Å². The minimum Gasteiger partial charge on any atom is -0.469 e. The summed E-state index contributed by atoms with van der Waals surface area (Å²) >= 11 is 1.53. The van der Waals surface area contributed by atoms with Crippen LogP contribution in [0, 0.1) is 5.92 Å². The van der Waals surface area contributed by atoms with E-state index >= 15 is 0 Å². The minimum atomic E-state index is -0.316. The van der Waals surface area contributed by atoms with Gasteiger partial charge in [0.1, 0.15) is 0 Å². The van der Waals surface area contributed by atoms with Crippen molar-refractivity contribution >= 4 is 23.2 Å². The summed E-state index contributed by atoms with van der Waals surface area (Å²) in [7, 11) is 1.36. The van der Waals surface area contributed by atoms with Crippen molar-refractivity contribution in [1.29, 1.82) is 0 Å². The summed E-state index contributed by atoms with van der Waals surface area (Å²) in [5, 5.41) is 8.00. The normalized spacial score (nSPS) is 16.5. The molecule has 0 aromatic carbocycles.